The number of hydrogen-bond acceptors (Lipinski definition) is 1. The molecule has 27 heavy (non-hydrogen) atoms. The summed E-state index contributed by atoms with van der Waals surface area (Å²) >= 11 is 8.96. The molecule has 148 valence electrons. The summed E-state index contributed by atoms with van der Waals surface area (Å²) in [5, 5.41) is -17.4. The Labute approximate surface area is 166 Å². The Hall–Kier alpha value is -1.05. The average Bonchev–Trinajstić information content (AvgIpc) is 2.54. The first-order valence-electron chi connectivity index (χ1n) is 7.66. The van der Waals surface area contributed by atoms with Gasteiger partial charge in [0.1, 0.15) is 0 Å². The Balaban J connectivity index is 2.17. The van der Waals surface area contributed by atoms with Crippen molar-refractivity contribution in [2.45, 2.75) is 33.6 Å². The fourth-order valence-corrected chi connectivity index (χ4v) is 3.53. The van der Waals surface area contributed by atoms with E-state index in [1.807, 2.05) is 0 Å². The maximum atomic E-state index is 14.4. The van der Waals surface area contributed by atoms with Crippen molar-refractivity contribution >= 4 is 35.0 Å². The van der Waals surface area contributed by atoms with E-state index in [0.717, 1.165) is 0 Å². The van der Waals surface area contributed by atoms with Crippen molar-refractivity contribution in [3.05, 3.63) is 71.8 Å². The Morgan fingerprint density at radius 2 is 0.889 bits per heavy atom. The first-order chi connectivity index (χ1) is 12.4. The molecule has 9 heteroatoms. The molecular formula is C18H14Cl2F6S. The second-order valence-electron chi connectivity index (χ2n) is 5.87. The van der Waals surface area contributed by atoms with Gasteiger partial charge in [0.25, 0.3) is 10.3 Å². The first kappa shape index (κ1) is 22.2. The van der Waals surface area contributed by atoms with Crippen molar-refractivity contribution in [3.8, 4) is 0 Å². The minimum atomic E-state index is -4.82. The summed E-state index contributed by atoms with van der Waals surface area (Å²) in [4.78, 5) is 0. The van der Waals surface area contributed by atoms with Crippen molar-refractivity contribution in [1.29, 1.82) is 0 Å². The van der Waals surface area contributed by atoms with E-state index in [0.29, 0.717) is 0 Å². The molecule has 2 rings (SSSR count). The largest absolute Gasteiger partial charge is 0.346 e. The lowest BCUT2D eigenvalue weighted by Crippen LogP contribution is -2.47. The molecule has 2 aromatic rings. The van der Waals surface area contributed by atoms with Gasteiger partial charge in [0.05, 0.1) is 0 Å². The maximum absolute atomic E-state index is 14.4. The van der Waals surface area contributed by atoms with E-state index in [-0.39, 0.29) is 11.1 Å². The summed E-state index contributed by atoms with van der Waals surface area (Å²) in [6, 6.07) is 14.2. The molecule has 2 aromatic carbocycles. The van der Waals surface area contributed by atoms with Gasteiger partial charge in [-0.3, -0.25) is 0 Å². The van der Waals surface area contributed by atoms with Gasteiger partial charge in [0, 0.05) is 12.8 Å². The summed E-state index contributed by atoms with van der Waals surface area (Å²) in [7, 11) is 0. The van der Waals surface area contributed by atoms with E-state index in [1.165, 1.54) is 48.5 Å². The molecule has 0 fully saturated rings. The normalized spacial score (nSPS) is 17.2. The highest BCUT2D eigenvalue weighted by atomic mass is 35.5. The summed E-state index contributed by atoms with van der Waals surface area (Å²) in [6.07, 6.45) is -2.10. The van der Waals surface area contributed by atoms with Gasteiger partial charge in [-0.05, 0) is 22.9 Å². The van der Waals surface area contributed by atoms with Gasteiger partial charge in [-0.1, -0.05) is 83.9 Å². The van der Waals surface area contributed by atoms with Gasteiger partial charge < -0.3 is 0 Å². The lowest BCUT2D eigenvalue weighted by atomic mass is 10.1. The number of halogens is 8. The van der Waals surface area contributed by atoms with Gasteiger partial charge in [-0.15, -0.1) is 0 Å². The van der Waals surface area contributed by atoms with E-state index >= 15 is 0 Å². The zero-order valence-corrected chi connectivity index (χ0v) is 15.9. The van der Waals surface area contributed by atoms with Crippen LogP contribution in [0.5, 0.6) is 0 Å². The Kier molecular flexibility index (Phi) is 6.70. The maximum Gasteiger partial charge on any atom is 0.346 e. The fourth-order valence-electron chi connectivity index (χ4n) is 2.22. The SMILES string of the molecule is FC(Cl)(Cc1ccccc1)C(F)(F)SC(F)(F)C(F)(Cl)Cc1ccccc1. The molecule has 0 amide bonds. The second-order valence-corrected chi connectivity index (χ2v) is 8.30. The number of thioether (sulfide) groups is 1. The van der Waals surface area contributed by atoms with Crippen molar-refractivity contribution in [1.82, 2.24) is 0 Å². The highest BCUT2D eigenvalue weighted by Crippen LogP contribution is 2.57. The van der Waals surface area contributed by atoms with Gasteiger partial charge in [0.15, 0.2) is 0 Å². The van der Waals surface area contributed by atoms with Gasteiger partial charge in [-0.25, -0.2) is 8.78 Å². The molecule has 0 saturated heterocycles. The van der Waals surface area contributed by atoms with E-state index in [2.05, 4.69) is 0 Å². The molecule has 0 aliphatic heterocycles. The third-order valence-corrected chi connectivity index (χ3v) is 5.77. The second kappa shape index (κ2) is 8.13. The van der Waals surface area contributed by atoms with Crippen LogP contribution in [0.15, 0.2) is 60.7 Å². The molecule has 0 nitrogen and oxygen atoms in total. The van der Waals surface area contributed by atoms with Crippen LogP contribution in [0.25, 0.3) is 0 Å². The van der Waals surface area contributed by atoms with Crippen LogP contribution in [0.2, 0.25) is 0 Å². The minimum absolute atomic E-state index is 0.0697. The zero-order valence-electron chi connectivity index (χ0n) is 13.6. The van der Waals surface area contributed by atoms with Crippen LogP contribution in [0, 0.1) is 0 Å². The molecule has 0 spiro atoms. The monoisotopic (exact) mass is 446 g/mol. The van der Waals surface area contributed by atoms with Gasteiger partial charge in [-0.2, -0.15) is 17.6 Å². The van der Waals surface area contributed by atoms with Gasteiger partial charge >= 0.3 is 10.5 Å². The van der Waals surface area contributed by atoms with Crippen LogP contribution >= 0.6 is 35.0 Å². The highest BCUT2D eigenvalue weighted by molar-refractivity contribution is 8.01. The smallest absolute Gasteiger partial charge is 0.218 e. The minimum Gasteiger partial charge on any atom is -0.218 e. The number of rotatable bonds is 8. The fraction of sp³-hybridized carbons (Fsp3) is 0.333. The lowest BCUT2D eigenvalue weighted by Gasteiger charge is -2.34. The van der Waals surface area contributed by atoms with E-state index in [9.17, 15) is 26.3 Å². The topological polar surface area (TPSA) is 0 Å². The molecular weight excluding hydrogens is 433 g/mol. The van der Waals surface area contributed by atoms with Crippen LogP contribution in [0.4, 0.5) is 26.3 Å². The molecule has 0 bridgehead atoms. The third-order valence-electron chi connectivity index (χ3n) is 3.65. The molecule has 0 aliphatic carbocycles. The Morgan fingerprint density at radius 1 is 0.593 bits per heavy atom. The predicted molar refractivity (Wildman–Crippen MR) is 97.2 cm³/mol. The zero-order chi connectivity index (χ0) is 20.3. The van der Waals surface area contributed by atoms with Crippen molar-refractivity contribution in [2.24, 2.45) is 0 Å². The van der Waals surface area contributed by atoms with Crippen molar-refractivity contribution in [3.63, 3.8) is 0 Å². The molecule has 2 unspecified atom stereocenters. The molecule has 0 aromatic heterocycles. The lowest BCUT2D eigenvalue weighted by molar-refractivity contribution is -0.0431. The Bertz CT molecular complexity index is 675. The van der Waals surface area contributed by atoms with Crippen molar-refractivity contribution in [2.75, 3.05) is 0 Å². The highest BCUT2D eigenvalue weighted by Gasteiger charge is 2.65. The van der Waals surface area contributed by atoms with Crippen molar-refractivity contribution < 1.29 is 26.3 Å². The van der Waals surface area contributed by atoms with E-state index in [4.69, 9.17) is 23.2 Å². The molecule has 0 saturated carbocycles. The van der Waals surface area contributed by atoms with E-state index < -0.39 is 45.4 Å². The summed E-state index contributed by atoms with van der Waals surface area (Å²) < 4.78 is 85.6. The number of benzene rings is 2. The molecule has 0 heterocycles. The quantitative estimate of drug-likeness (QED) is 0.305. The van der Waals surface area contributed by atoms with Crippen LogP contribution in [-0.4, -0.2) is 20.8 Å². The summed E-state index contributed by atoms with van der Waals surface area (Å²) in [6.45, 7) is 0. The summed E-state index contributed by atoms with van der Waals surface area (Å²) in [5.74, 6) is 0. The molecule has 0 radical (unpaired) electrons. The van der Waals surface area contributed by atoms with Crippen LogP contribution in [0.3, 0.4) is 0 Å². The first-order valence-corrected chi connectivity index (χ1v) is 9.23. The summed E-state index contributed by atoms with van der Waals surface area (Å²) in [5.41, 5.74) is 0.139. The number of alkyl halides is 8. The van der Waals surface area contributed by atoms with Crippen LogP contribution < -0.4 is 0 Å². The number of hydrogen-bond donors (Lipinski definition) is 0. The predicted octanol–water partition coefficient (Wildman–Crippen LogP) is 7.20. The average molecular weight is 447 g/mol. The molecule has 0 N–H and O–H groups in total. The van der Waals surface area contributed by atoms with E-state index in [1.54, 1.807) is 12.1 Å². The molecule has 2 atom stereocenters. The molecule has 0 aliphatic rings. The van der Waals surface area contributed by atoms with Gasteiger partial charge in [0.2, 0.25) is 0 Å². The Morgan fingerprint density at radius 3 is 1.19 bits per heavy atom. The van der Waals surface area contributed by atoms with Crippen LogP contribution in [-0.2, 0) is 12.8 Å². The third kappa shape index (κ3) is 5.48. The standard InChI is InChI=1S/C18H14Cl2F6S/c19-15(21,11-13-7-3-1-4-8-13)17(23,24)27-18(25,26)16(20,22)12-14-9-5-2-6-10-14/h1-10H,11-12H2. The van der Waals surface area contributed by atoms with Crippen LogP contribution in [0.1, 0.15) is 11.1 Å².